The lowest BCUT2D eigenvalue weighted by Gasteiger charge is -2.41. The topological polar surface area (TPSA) is 76.4 Å². The molecule has 0 aromatic carbocycles. The summed E-state index contributed by atoms with van der Waals surface area (Å²) in [5.74, 6) is -0.178. The first-order valence-corrected chi connectivity index (χ1v) is 5.97. The van der Waals surface area contributed by atoms with Crippen molar-refractivity contribution >= 4 is 6.03 Å². The molecule has 1 rings (SSSR count). The largest absolute Gasteiger partial charge is 0.392 e. The molecular weight excluding hydrogens is 218 g/mol. The number of amides is 2. The number of nitrogens with zero attached hydrogens (tertiary/aromatic N) is 2. The highest BCUT2D eigenvalue weighted by molar-refractivity contribution is 5.74. The first kappa shape index (κ1) is 13.8. The van der Waals surface area contributed by atoms with Gasteiger partial charge in [-0.25, -0.2) is 4.79 Å². The van der Waals surface area contributed by atoms with Crippen LogP contribution in [0.2, 0.25) is 0 Å². The number of hydrogen-bond donors (Lipinski definition) is 2. The Kier molecular flexibility index (Phi) is 4.35. The van der Waals surface area contributed by atoms with Gasteiger partial charge in [0, 0.05) is 25.0 Å². The number of rotatable bonds is 2. The summed E-state index contributed by atoms with van der Waals surface area (Å²) < 4.78 is 0. The maximum Gasteiger partial charge on any atom is 0.317 e. The van der Waals surface area contributed by atoms with E-state index in [-0.39, 0.29) is 23.5 Å². The van der Waals surface area contributed by atoms with E-state index in [0.717, 1.165) is 0 Å². The molecule has 1 saturated heterocycles. The van der Waals surface area contributed by atoms with Gasteiger partial charge in [-0.3, -0.25) is 0 Å². The summed E-state index contributed by atoms with van der Waals surface area (Å²) in [5, 5.41) is 21.2. The summed E-state index contributed by atoms with van der Waals surface area (Å²) in [6.45, 7) is 7.15. The van der Waals surface area contributed by atoms with Crippen molar-refractivity contribution in [3.8, 4) is 6.07 Å². The van der Waals surface area contributed by atoms with Crippen molar-refractivity contribution in [1.82, 2.24) is 10.2 Å². The molecule has 1 fully saturated rings. The standard InChI is InChI=1S/C12H21N3O2/c1-9(6-13)7-14-11(17)15-5-4-10(16)12(2,3)8-15/h9-10,16H,4-5,7-8H2,1-3H3,(H,14,17). The van der Waals surface area contributed by atoms with Crippen LogP contribution in [0.25, 0.3) is 0 Å². The number of likely N-dealkylation sites (tertiary alicyclic amines) is 1. The van der Waals surface area contributed by atoms with E-state index >= 15 is 0 Å². The molecule has 1 aliphatic rings. The van der Waals surface area contributed by atoms with Crippen molar-refractivity contribution in [3.63, 3.8) is 0 Å². The van der Waals surface area contributed by atoms with Crippen LogP contribution in [0, 0.1) is 22.7 Å². The van der Waals surface area contributed by atoms with Crippen LogP contribution in [0.15, 0.2) is 0 Å². The van der Waals surface area contributed by atoms with E-state index in [4.69, 9.17) is 5.26 Å². The lowest BCUT2D eigenvalue weighted by Crippen LogP contribution is -2.53. The number of piperidine rings is 1. The van der Waals surface area contributed by atoms with Crippen molar-refractivity contribution in [3.05, 3.63) is 0 Å². The van der Waals surface area contributed by atoms with Crippen LogP contribution in [0.1, 0.15) is 27.2 Å². The second kappa shape index (κ2) is 5.37. The molecule has 0 aromatic rings. The van der Waals surface area contributed by atoms with Gasteiger partial charge in [0.05, 0.1) is 18.1 Å². The lowest BCUT2D eigenvalue weighted by molar-refractivity contribution is -0.0114. The van der Waals surface area contributed by atoms with Crippen molar-refractivity contribution in [2.24, 2.45) is 11.3 Å². The number of carbonyl (C=O) groups is 1. The molecule has 0 radical (unpaired) electrons. The van der Waals surface area contributed by atoms with E-state index in [1.807, 2.05) is 13.8 Å². The maximum atomic E-state index is 11.8. The summed E-state index contributed by atoms with van der Waals surface area (Å²) in [6.07, 6.45) is 0.249. The van der Waals surface area contributed by atoms with Crippen LogP contribution < -0.4 is 5.32 Å². The van der Waals surface area contributed by atoms with Gasteiger partial charge in [0.1, 0.15) is 0 Å². The molecule has 5 heteroatoms. The fourth-order valence-corrected chi connectivity index (χ4v) is 1.92. The maximum absolute atomic E-state index is 11.8. The Morgan fingerprint density at radius 1 is 1.71 bits per heavy atom. The molecule has 1 aliphatic heterocycles. The summed E-state index contributed by atoms with van der Waals surface area (Å²) >= 11 is 0. The van der Waals surface area contributed by atoms with Crippen LogP contribution in [-0.4, -0.2) is 41.8 Å². The van der Waals surface area contributed by atoms with Crippen molar-refractivity contribution in [2.75, 3.05) is 19.6 Å². The number of aliphatic hydroxyl groups excluding tert-OH is 1. The number of nitrogens with one attached hydrogen (secondary N) is 1. The first-order valence-electron chi connectivity index (χ1n) is 5.97. The van der Waals surface area contributed by atoms with E-state index in [9.17, 15) is 9.90 Å². The number of hydrogen-bond acceptors (Lipinski definition) is 3. The third-order valence-corrected chi connectivity index (χ3v) is 3.24. The van der Waals surface area contributed by atoms with E-state index in [1.165, 1.54) is 0 Å². The molecule has 17 heavy (non-hydrogen) atoms. The zero-order chi connectivity index (χ0) is 13.1. The predicted octanol–water partition coefficient (Wildman–Crippen LogP) is 0.948. The number of nitriles is 1. The van der Waals surface area contributed by atoms with Crippen molar-refractivity contribution in [1.29, 1.82) is 5.26 Å². The highest BCUT2D eigenvalue weighted by Crippen LogP contribution is 2.28. The molecular formula is C12H21N3O2. The third-order valence-electron chi connectivity index (χ3n) is 3.24. The molecule has 2 atom stereocenters. The molecule has 0 spiro atoms. The highest BCUT2D eigenvalue weighted by Gasteiger charge is 2.36. The number of urea groups is 1. The summed E-state index contributed by atoms with van der Waals surface area (Å²) in [7, 11) is 0. The van der Waals surface area contributed by atoms with E-state index < -0.39 is 0 Å². The fraction of sp³-hybridized carbons (Fsp3) is 0.833. The van der Waals surface area contributed by atoms with Crippen molar-refractivity contribution in [2.45, 2.75) is 33.3 Å². The predicted molar refractivity (Wildman–Crippen MR) is 64.2 cm³/mol. The normalized spacial score (nSPS) is 24.9. The Morgan fingerprint density at radius 3 is 2.88 bits per heavy atom. The smallest absolute Gasteiger partial charge is 0.317 e. The molecule has 2 amide bonds. The van der Waals surface area contributed by atoms with Crippen molar-refractivity contribution < 1.29 is 9.90 Å². The molecule has 0 aromatic heterocycles. The summed E-state index contributed by atoms with van der Waals surface area (Å²) in [4.78, 5) is 13.5. The van der Waals surface area contributed by atoms with E-state index in [0.29, 0.717) is 26.1 Å². The van der Waals surface area contributed by atoms with Crippen LogP contribution in [-0.2, 0) is 0 Å². The minimum absolute atomic E-state index is 0.146. The van der Waals surface area contributed by atoms with Gasteiger partial charge >= 0.3 is 6.03 Å². The van der Waals surface area contributed by atoms with Gasteiger partial charge in [-0.05, 0) is 13.3 Å². The fourth-order valence-electron chi connectivity index (χ4n) is 1.92. The van der Waals surface area contributed by atoms with Gasteiger partial charge in [0.2, 0.25) is 0 Å². The number of carbonyl (C=O) groups excluding carboxylic acids is 1. The Labute approximate surface area is 102 Å². The minimum Gasteiger partial charge on any atom is -0.392 e. The van der Waals surface area contributed by atoms with Crippen LogP contribution in [0.3, 0.4) is 0 Å². The molecule has 96 valence electrons. The van der Waals surface area contributed by atoms with Crippen LogP contribution in [0.5, 0.6) is 0 Å². The van der Waals surface area contributed by atoms with E-state index in [1.54, 1.807) is 11.8 Å². The molecule has 2 N–H and O–H groups in total. The average molecular weight is 239 g/mol. The monoisotopic (exact) mass is 239 g/mol. The molecule has 0 bridgehead atoms. The zero-order valence-corrected chi connectivity index (χ0v) is 10.7. The third kappa shape index (κ3) is 3.60. The Hall–Kier alpha value is -1.28. The van der Waals surface area contributed by atoms with Gasteiger partial charge in [0.15, 0.2) is 0 Å². The molecule has 0 aliphatic carbocycles. The number of aliphatic hydroxyl groups is 1. The minimum atomic E-state index is -0.357. The summed E-state index contributed by atoms with van der Waals surface area (Å²) in [6, 6.07) is 1.93. The van der Waals surface area contributed by atoms with E-state index in [2.05, 4.69) is 11.4 Å². The van der Waals surface area contributed by atoms with Gasteiger partial charge in [-0.2, -0.15) is 5.26 Å². The average Bonchev–Trinajstić information content (AvgIpc) is 2.28. The quantitative estimate of drug-likeness (QED) is 0.753. The van der Waals surface area contributed by atoms with Crippen LogP contribution >= 0.6 is 0 Å². The SMILES string of the molecule is CC(C#N)CNC(=O)N1CCC(O)C(C)(C)C1. The highest BCUT2D eigenvalue weighted by atomic mass is 16.3. The Balaban J connectivity index is 2.46. The summed E-state index contributed by atoms with van der Waals surface area (Å²) in [5.41, 5.74) is -0.267. The van der Waals surface area contributed by atoms with Gasteiger partial charge < -0.3 is 15.3 Å². The Bertz CT molecular complexity index is 322. The van der Waals surface area contributed by atoms with Gasteiger partial charge in [-0.1, -0.05) is 13.8 Å². The zero-order valence-electron chi connectivity index (χ0n) is 10.7. The van der Waals surface area contributed by atoms with Gasteiger partial charge in [0.25, 0.3) is 0 Å². The van der Waals surface area contributed by atoms with Crippen LogP contribution in [0.4, 0.5) is 4.79 Å². The second-order valence-corrected chi connectivity index (χ2v) is 5.43. The molecule has 0 saturated carbocycles. The molecule has 5 nitrogen and oxygen atoms in total. The first-order chi connectivity index (χ1) is 7.86. The molecule has 1 heterocycles. The Morgan fingerprint density at radius 2 is 2.35 bits per heavy atom. The lowest BCUT2D eigenvalue weighted by atomic mass is 9.81. The van der Waals surface area contributed by atoms with Gasteiger partial charge in [-0.15, -0.1) is 0 Å². The molecule has 2 unspecified atom stereocenters. The second-order valence-electron chi connectivity index (χ2n) is 5.43.